The van der Waals surface area contributed by atoms with Crippen LogP contribution in [-0.4, -0.2) is 28.6 Å². The Morgan fingerprint density at radius 3 is 2.84 bits per heavy atom. The topological polar surface area (TPSA) is 94.3 Å². The van der Waals surface area contributed by atoms with Gasteiger partial charge in [0.2, 0.25) is 5.82 Å². The molecule has 0 unspecified atom stereocenters. The third-order valence-corrected chi connectivity index (χ3v) is 6.06. The number of fused-ring (bicyclic) bond motifs is 1. The lowest BCUT2D eigenvalue weighted by Gasteiger charge is -2.04. The molecule has 0 saturated carbocycles. The first-order chi connectivity index (χ1) is 14.9. The van der Waals surface area contributed by atoms with Crippen molar-refractivity contribution in [2.24, 2.45) is 0 Å². The smallest absolute Gasteiger partial charge is 0.325 e. The van der Waals surface area contributed by atoms with Crippen molar-refractivity contribution in [1.29, 1.82) is 0 Å². The standard InChI is InChI=1S/C21H15ClFN3O4S/c1-11-6-7-12(8-14(11)23)20-25-16(30-26-20)10-29-17(27)9-24-21(28)19-18(22)13-4-2-3-5-15(13)31-19/h2-8H,9-10H2,1H3,(H,24,28). The number of nitrogens with one attached hydrogen (secondary N) is 1. The molecule has 1 N–H and O–H groups in total. The molecule has 31 heavy (non-hydrogen) atoms. The SMILES string of the molecule is Cc1ccc(-c2noc(COC(=O)CNC(=O)c3sc4ccccc4c3Cl)n2)cc1F. The number of ether oxygens (including phenoxy) is 1. The number of carbonyl (C=O) groups excluding carboxylic acids is 2. The van der Waals surface area contributed by atoms with E-state index in [1.165, 1.54) is 17.4 Å². The van der Waals surface area contributed by atoms with Crippen molar-refractivity contribution in [3.8, 4) is 11.4 Å². The number of aryl methyl sites for hydroxylation is 1. The normalized spacial score (nSPS) is 10.9. The van der Waals surface area contributed by atoms with Gasteiger partial charge in [0.1, 0.15) is 17.2 Å². The lowest BCUT2D eigenvalue weighted by atomic mass is 10.1. The molecule has 7 nitrogen and oxygen atoms in total. The van der Waals surface area contributed by atoms with Crippen molar-refractivity contribution in [3.63, 3.8) is 0 Å². The van der Waals surface area contributed by atoms with Crippen LogP contribution in [0.1, 0.15) is 21.1 Å². The molecule has 0 spiro atoms. The first-order valence-corrected chi connectivity index (χ1v) is 10.3. The summed E-state index contributed by atoms with van der Waals surface area (Å²) in [6.45, 7) is 1.01. The number of halogens is 2. The predicted molar refractivity (Wildman–Crippen MR) is 113 cm³/mol. The van der Waals surface area contributed by atoms with Crippen molar-refractivity contribution < 1.29 is 23.2 Å². The number of benzene rings is 2. The minimum absolute atomic E-state index is 0.0446. The van der Waals surface area contributed by atoms with Crippen LogP contribution in [0.2, 0.25) is 5.02 Å². The summed E-state index contributed by atoms with van der Waals surface area (Å²) in [4.78, 5) is 28.7. The molecule has 158 valence electrons. The van der Waals surface area contributed by atoms with Crippen LogP contribution in [0.5, 0.6) is 0 Å². The van der Waals surface area contributed by atoms with Gasteiger partial charge in [0.05, 0.1) is 5.02 Å². The van der Waals surface area contributed by atoms with Crippen LogP contribution < -0.4 is 5.32 Å². The number of hydrogen-bond acceptors (Lipinski definition) is 7. The lowest BCUT2D eigenvalue weighted by Crippen LogP contribution is -2.30. The maximum absolute atomic E-state index is 13.7. The second-order valence-electron chi connectivity index (χ2n) is 6.56. The summed E-state index contributed by atoms with van der Waals surface area (Å²) in [5.41, 5.74) is 0.942. The van der Waals surface area contributed by atoms with Crippen LogP contribution in [0.4, 0.5) is 4.39 Å². The highest BCUT2D eigenvalue weighted by Gasteiger charge is 2.18. The van der Waals surface area contributed by atoms with Gasteiger partial charge in [-0.05, 0) is 24.6 Å². The minimum Gasteiger partial charge on any atom is -0.454 e. The molecular weight excluding hydrogens is 445 g/mol. The number of nitrogens with zero attached hydrogens (tertiary/aromatic N) is 2. The summed E-state index contributed by atoms with van der Waals surface area (Å²) in [5.74, 6) is -1.32. The Hall–Kier alpha value is -3.30. The van der Waals surface area contributed by atoms with Crippen LogP contribution in [0, 0.1) is 12.7 Å². The molecule has 0 aliphatic rings. The molecule has 0 aliphatic carbocycles. The summed E-state index contributed by atoms with van der Waals surface area (Å²) in [6.07, 6.45) is 0. The second kappa shape index (κ2) is 8.83. The van der Waals surface area contributed by atoms with E-state index in [0.717, 1.165) is 10.1 Å². The molecule has 1 amide bonds. The van der Waals surface area contributed by atoms with Gasteiger partial charge in [0, 0.05) is 15.6 Å². The van der Waals surface area contributed by atoms with Gasteiger partial charge in [0.25, 0.3) is 11.8 Å². The molecule has 2 aromatic carbocycles. The Morgan fingerprint density at radius 2 is 2.06 bits per heavy atom. The molecule has 4 aromatic rings. The molecule has 0 bridgehead atoms. The van der Waals surface area contributed by atoms with E-state index in [0.29, 0.717) is 21.0 Å². The number of thiophene rings is 1. The summed E-state index contributed by atoms with van der Waals surface area (Å²) in [5, 5.41) is 7.36. The highest BCUT2D eigenvalue weighted by molar-refractivity contribution is 7.21. The van der Waals surface area contributed by atoms with Crippen LogP contribution >= 0.6 is 22.9 Å². The zero-order valence-electron chi connectivity index (χ0n) is 16.1. The van der Waals surface area contributed by atoms with Gasteiger partial charge in [0.15, 0.2) is 6.61 Å². The van der Waals surface area contributed by atoms with Gasteiger partial charge in [-0.2, -0.15) is 4.98 Å². The summed E-state index contributed by atoms with van der Waals surface area (Å²) in [6, 6.07) is 11.9. The van der Waals surface area contributed by atoms with E-state index in [2.05, 4.69) is 15.5 Å². The predicted octanol–water partition coefficient (Wildman–Crippen LogP) is 4.53. The number of amides is 1. The first-order valence-electron chi connectivity index (χ1n) is 9.12. The van der Waals surface area contributed by atoms with Gasteiger partial charge in [-0.15, -0.1) is 11.3 Å². The molecular formula is C21H15ClFN3O4S. The first kappa shape index (κ1) is 21.0. The van der Waals surface area contributed by atoms with Crippen LogP contribution in [0.3, 0.4) is 0 Å². The van der Waals surface area contributed by atoms with Crippen molar-refractivity contribution in [2.75, 3.05) is 6.54 Å². The fourth-order valence-corrected chi connectivity index (χ4v) is 4.18. The van der Waals surface area contributed by atoms with E-state index in [-0.39, 0.29) is 30.7 Å². The monoisotopic (exact) mass is 459 g/mol. The molecule has 0 atom stereocenters. The molecule has 0 saturated heterocycles. The quantitative estimate of drug-likeness (QED) is 0.426. The van der Waals surface area contributed by atoms with E-state index < -0.39 is 11.9 Å². The highest BCUT2D eigenvalue weighted by Crippen LogP contribution is 2.34. The number of carbonyl (C=O) groups is 2. The largest absolute Gasteiger partial charge is 0.454 e. The zero-order chi connectivity index (χ0) is 22.0. The van der Waals surface area contributed by atoms with Crippen molar-refractivity contribution in [2.45, 2.75) is 13.5 Å². The van der Waals surface area contributed by atoms with Gasteiger partial charge >= 0.3 is 5.97 Å². The molecule has 0 aliphatic heterocycles. The van der Waals surface area contributed by atoms with E-state index >= 15 is 0 Å². The van der Waals surface area contributed by atoms with Crippen LogP contribution in [-0.2, 0) is 16.1 Å². The third kappa shape index (κ3) is 4.57. The van der Waals surface area contributed by atoms with Gasteiger partial charge < -0.3 is 14.6 Å². The summed E-state index contributed by atoms with van der Waals surface area (Å²) >= 11 is 7.50. The minimum atomic E-state index is -0.688. The Balaban J connectivity index is 1.31. The average Bonchev–Trinajstić information content (AvgIpc) is 3.37. The van der Waals surface area contributed by atoms with Gasteiger partial charge in [-0.3, -0.25) is 9.59 Å². The lowest BCUT2D eigenvalue weighted by molar-refractivity contribution is -0.144. The second-order valence-corrected chi connectivity index (χ2v) is 7.99. The molecule has 10 heteroatoms. The van der Waals surface area contributed by atoms with Crippen molar-refractivity contribution >= 4 is 44.9 Å². The molecule has 2 aromatic heterocycles. The van der Waals surface area contributed by atoms with Crippen molar-refractivity contribution in [3.05, 3.63) is 69.6 Å². The highest BCUT2D eigenvalue weighted by atomic mass is 35.5. The van der Waals surface area contributed by atoms with Crippen LogP contribution in [0.15, 0.2) is 47.0 Å². The Labute approximate surface area is 184 Å². The van der Waals surface area contributed by atoms with Crippen LogP contribution in [0.25, 0.3) is 21.5 Å². The maximum Gasteiger partial charge on any atom is 0.325 e. The zero-order valence-corrected chi connectivity index (χ0v) is 17.7. The Morgan fingerprint density at radius 1 is 1.26 bits per heavy atom. The van der Waals surface area contributed by atoms with Gasteiger partial charge in [-0.1, -0.05) is 47.1 Å². The number of rotatable bonds is 6. The fourth-order valence-electron chi connectivity index (χ4n) is 2.75. The molecule has 2 heterocycles. The van der Waals surface area contributed by atoms with Crippen molar-refractivity contribution in [1.82, 2.24) is 15.5 Å². The maximum atomic E-state index is 13.7. The van der Waals surface area contributed by atoms with E-state index in [9.17, 15) is 14.0 Å². The van der Waals surface area contributed by atoms with E-state index in [4.69, 9.17) is 20.9 Å². The fraction of sp³-hybridized carbons (Fsp3) is 0.143. The summed E-state index contributed by atoms with van der Waals surface area (Å²) in [7, 11) is 0. The van der Waals surface area contributed by atoms with Gasteiger partial charge in [-0.25, -0.2) is 4.39 Å². The third-order valence-electron chi connectivity index (χ3n) is 4.39. The number of esters is 1. The molecule has 0 radical (unpaired) electrons. The molecule has 0 fully saturated rings. The Bertz CT molecular complexity index is 1290. The molecule has 4 rings (SSSR count). The summed E-state index contributed by atoms with van der Waals surface area (Å²) < 4.78 is 24.6. The van der Waals surface area contributed by atoms with E-state index in [1.807, 2.05) is 24.3 Å². The van der Waals surface area contributed by atoms with E-state index in [1.54, 1.807) is 19.1 Å². The average molecular weight is 460 g/mol. The number of hydrogen-bond donors (Lipinski definition) is 1. The Kier molecular flexibility index (Phi) is 5.97. The number of aromatic nitrogens is 2.